The zero-order chi connectivity index (χ0) is 11.3. The van der Waals surface area contributed by atoms with Crippen LogP contribution in [0.25, 0.3) is 0 Å². The first-order valence-corrected chi connectivity index (χ1v) is 5.98. The Labute approximate surface area is 101 Å². The molecule has 1 saturated carbocycles. The number of benzene rings is 1. The monoisotopic (exact) mass is 287 g/mol. The highest BCUT2D eigenvalue weighted by Crippen LogP contribution is 2.49. The number of ether oxygens (including phenoxy) is 2. The van der Waals surface area contributed by atoms with Crippen molar-refractivity contribution in [2.45, 2.75) is 18.4 Å². The molecule has 0 aromatic heterocycles. The lowest BCUT2D eigenvalue weighted by atomic mass is 10.0. The molecule has 1 aliphatic carbocycles. The van der Waals surface area contributed by atoms with E-state index in [9.17, 15) is 4.39 Å². The van der Waals surface area contributed by atoms with Gasteiger partial charge in [0.2, 0.25) is 0 Å². The molecule has 0 radical (unpaired) electrons. The van der Waals surface area contributed by atoms with Gasteiger partial charge in [0, 0.05) is 11.1 Å². The van der Waals surface area contributed by atoms with Crippen molar-refractivity contribution in [1.82, 2.24) is 0 Å². The van der Waals surface area contributed by atoms with Crippen molar-refractivity contribution in [2.75, 3.05) is 13.2 Å². The van der Waals surface area contributed by atoms with Gasteiger partial charge in [-0.2, -0.15) is 0 Å². The summed E-state index contributed by atoms with van der Waals surface area (Å²) in [7, 11) is 0. The lowest BCUT2D eigenvalue weighted by Gasteiger charge is -2.22. The average molecular weight is 288 g/mol. The van der Waals surface area contributed by atoms with Gasteiger partial charge in [-0.1, -0.05) is 0 Å². The first kappa shape index (κ1) is 10.4. The highest BCUT2D eigenvalue weighted by atomic mass is 79.9. The van der Waals surface area contributed by atoms with Crippen LogP contribution < -0.4 is 15.2 Å². The molecule has 1 aromatic carbocycles. The van der Waals surface area contributed by atoms with Gasteiger partial charge < -0.3 is 15.2 Å². The Morgan fingerprint density at radius 3 is 2.69 bits per heavy atom. The second-order valence-electron chi connectivity index (χ2n) is 4.23. The molecule has 0 unspecified atom stereocenters. The molecular formula is C11H11BrFNO2. The van der Waals surface area contributed by atoms with Crippen molar-refractivity contribution in [3.05, 3.63) is 21.9 Å². The number of fused-ring (bicyclic) bond motifs is 1. The van der Waals surface area contributed by atoms with E-state index >= 15 is 0 Å². The highest BCUT2D eigenvalue weighted by Gasteiger charge is 2.43. The van der Waals surface area contributed by atoms with Crippen LogP contribution in [0.2, 0.25) is 0 Å². The molecule has 2 N–H and O–H groups in total. The second kappa shape index (κ2) is 3.34. The van der Waals surface area contributed by atoms with Crippen molar-refractivity contribution in [3.8, 4) is 11.5 Å². The Morgan fingerprint density at radius 1 is 1.31 bits per heavy atom. The summed E-state index contributed by atoms with van der Waals surface area (Å²) in [5.41, 5.74) is 6.02. The van der Waals surface area contributed by atoms with Crippen LogP contribution in [0.1, 0.15) is 18.4 Å². The third kappa shape index (κ3) is 1.42. The van der Waals surface area contributed by atoms with Crippen LogP contribution in [0.4, 0.5) is 4.39 Å². The van der Waals surface area contributed by atoms with Crippen LogP contribution in [0.3, 0.4) is 0 Å². The standard InChI is InChI=1S/C11H11BrFNO2/c12-8-9(13)6(11(14)1-2-11)5-7-10(8)16-4-3-15-7/h5H,1-4,14H2. The van der Waals surface area contributed by atoms with E-state index in [1.807, 2.05) is 0 Å². The summed E-state index contributed by atoms with van der Waals surface area (Å²) in [6.45, 7) is 0.931. The Kier molecular flexibility index (Phi) is 2.16. The van der Waals surface area contributed by atoms with Gasteiger partial charge in [0.1, 0.15) is 19.0 Å². The quantitative estimate of drug-likeness (QED) is 0.862. The van der Waals surface area contributed by atoms with E-state index in [0.29, 0.717) is 34.7 Å². The van der Waals surface area contributed by atoms with E-state index in [1.54, 1.807) is 6.07 Å². The third-order valence-electron chi connectivity index (χ3n) is 3.04. The predicted octanol–water partition coefficient (Wildman–Crippen LogP) is 2.31. The van der Waals surface area contributed by atoms with E-state index in [2.05, 4.69) is 15.9 Å². The Morgan fingerprint density at radius 2 is 2.00 bits per heavy atom. The molecule has 0 saturated heterocycles. The molecule has 3 rings (SSSR count). The minimum atomic E-state index is -0.511. The second-order valence-corrected chi connectivity index (χ2v) is 5.03. The predicted molar refractivity (Wildman–Crippen MR) is 60.2 cm³/mol. The van der Waals surface area contributed by atoms with Crippen LogP contribution in [0.5, 0.6) is 11.5 Å². The maximum atomic E-state index is 14.1. The first-order chi connectivity index (χ1) is 7.62. The van der Waals surface area contributed by atoms with Gasteiger partial charge in [-0.3, -0.25) is 0 Å². The van der Waals surface area contributed by atoms with Gasteiger partial charge in [0.05, 0.1) is 4.47 Å². The van der Waals surface area contributed by atoms with E-state index in [-0.39, 0.29) is 5.82 Å². The number of hydrogen-bond acceptors (Lipinski definition) is 3. The highest BCUT2D eigenvalue weighted by molar-refractivity contribution is 9.10. The minimum Gasteiger partial charge on any atom is -0.486 e. The molecule has 1 heterocycles. The molecule has 16 heavy (non-hydrogen) atoms. The zero-order valence-corrected chi connectivity index (χ0v) is 10.1. The Hall–Kier alpha value is -0.810. The van der Waals surface area contributed by atoms with Crippen LogP contribution in [-0.4, -0.2) is 13.2 Å². The normalized spacial score (nSPS) is 20.7. The van der Waals surface area contributed by atoms with Crippen LogP contribution in [0, 0.1) is 5.82 Å². The van der Waals surface area contributed by atoms with Gasteiger partial charge in [-0.15, -0.1) is 0 Å². The third-order valence-corrected chi connectivity index (χ3v) is 3.75. The summed E-state index contributed by atoms with van der Waals surface area (Å²) in [5.74, 6) is 0.687. The van der Waals surface area contributed by atoms with Gasteiger partial charge in [0.15, 0.2) is 11.5 Å². The van der Waals surface area contributed by atoms with Crippen LogP contribution in [0.15, 0.2) is 10.5 Å². The van der Waals surface area contributed by atoms with Crippen molar-refractivity contribution in [3.63, 3.8) is 0 Å². The molecular weight excluding hydrogens is 277 g/mol. The maximum absolute atomic E-state index is 14.1. The lowest BCUT2D eigenvalue weighted by molar-refractivity contribution is 0.169. The van der Waals surface area contributed by atoms with Crippen LogP contribution >= 0.6 is 15.9 Å². The fourth-order valence-corrected chi connectivity index (χ4v) is 2.41. The number of nitrogens with two attached hydrogens (primary N) is 1. The van der Waals surface area contributed by atoms with E-state index in [4.69, 9.17) is 15.2 Å². The molecule has 1 fully saturated rings. The summed E-state index contributed by atoms with van der Waals surface area (Å²) in [6.07, 6.45) is 1.63. The molecule has 0 spiro atoms. The van der Waals surface area contributed by atoms with Crippen LogP contribution in [-0.2, 0) is 5.54 Å². The summed E-state index contributed by atoms with van der Waals surface area (Å²) >= 11 is 3.20. The van der Waals surface area contributed by atoms with Gasteiger partial charge >= 0.3 is 0 Å². The minimum absolute atomic E-state index is 0.316. The molecule has 3 nitrogen and oxygen atoms in total. The summed E-state index contributed by atoms with van der Waals surface area (Å²) in [6, 6.07) is 1.67. The molecule has 0 bridgehead atoms. The lowest BCUT2D eigenvalue weighted by Crippen LogP contribution is -2.23. The zero-order valence-electron chi connectivity index (χ0n) is 8.56. The topological polar surface area (TPSA) is 44.5 Å². The summed E-state index contributed by atoms with van der Waals surface area (Å²) in [4.78, 5) is 0. The largest absolute Gasteiger partial charge is 0.486 e. The molecule has 1 aromatic rings. The summed E-state index contributed by atoms with van der Waals surface area (Å²) < 4.78 is 25.2. The van der Waals surface area contributed by atoms with E-state index in [1.165, 1.54) is 0 Å². The fraction of sp³-hybridized carbons (Fsp3) is 0.455. The first-order valence-electron chi connectivity index (χ1n) is 5.19. The number of halogens is 2. The smallest absolute Gasteiger partial charge is 0.178 e. The molecule has 86 valence electrons. The van der Waals surface area contributed by atoms with Crippen molar-refractivity contribution in [2.24, 2.45) is 5.73 Å². The Balaban J connectivity index is 2.17. The molecule has 0 amide bonds. The Bertz CT molecular complexity index is 460. The van der Waals surface area contributed by atoms with Crippen molar-refractivity contribution < 1.29 is 13.9 Å². The fourth-order valence-electron chi connectivity index (χ4n) is 1.89. The maximum Gasteiger partial charge on any atom is 0.178 e. The average Bonchev–Trinajstić information content (AvgIpc) is 3.03. The number of hydrogen-bond donors (Lipinski definition) is 1. The molecule has 2 aliphatic rings. The molecule has 5 heteroatoms. The van der Waals surface area contributed by atoms with Crippen molar-refractivity contribution >= 4 is 15.9 Å². The van der Waals surface area contributed by atoms with Gasteiger partial charge in [-0.25, -0.2) is 4.39 Å². The van der Waals surface area contributed by atoms with Gasteiger partial charge in [0.25, 0.3) is 0 Å². The number of rotatable bonds is 1. The van der Waals surface area contributed by atoms with E-state index in [0.717, 1.165) is 12.8 Å². The van der Waals surface area contributed by atoms with E-state index < -0.39 is 5.54 Å². The molecule has 1 aliphatic heterocycles. The summed E-state index contributed by atoms with van der Waals surface area (Å²) in [5, 5.41) is 0. The van der Waals surface area contributed by atoms with Gasteiger partial charge in [-0.05, 0) is 34.8 Å². The van der Waals surface area contributed by atoms with Crippen molar-refractivity contribution in [1.29, 1.82) is 0 Å². The SMILES string of the molecule is NC1(c2cc3c(c(Br)c2F)OCCO3)CC1. The molecule has 0 atom stereocenters.